The summed E-state index contributed by atoms with van der Waals surface area (Å²) in [7, 11) is 0. The van der Waals surface area contributed by atoms with E-state index in [4.69, 9.17) is 0 Å². The molecule has 0 unspecified atom stereocenters. The first-order chi connectivity index (χ1) is 11.3. The standard InChI is InChI=1S/C16H17N5OS/c1-2-13-7-3-4-8-14(13)18-15(22)11-23-16-19-17-12-21(16)20-9-5-6-10-20/h3-10,12H,2,11H2,1H3,(H,18,22). The Morgan fingerprint density at radius 2 is 2.00 bits per heavy atom. The number of rotatable bonds is 6. The summed E-state index contributed by atoms with van der Waals surface area (Å²) in [5, 5.41) is 11.6. The van der Waals surface area contributed by atoms with Gasteiger partial charge in [0.2, 0.25) is 11.1 Å². The Labute approximate surface area is 138 Å². The highest BCUT2D eigenvalue weighted by molar-refractivity contribution is 7.99. The molecule has 23 heavy (non-hydrogen) atoms. The average molecular weight is 327 g/mol. The zero-order valence-electron chi connectivity index (χ0n) is 12.7. The van der Waals surface area contributed by atoms with E-state index in [1.807, 2.05) is 53.5 Å². The Balaban J connectivity index is 1.63. The first kappa shape index (κ1) is 15.4. The third-order valence-corrected chi connectivity index (χ3v) is 4.28. The molecule has 0 fully saturated rings. The molecule has 3 aromatic rings. The number of anilines is 1. The zero-order chi connectivity index (χ0) is 16.1. The number of nitrogens with zero attached hydrogens (tertiary/aromatic N) is 4. The van der Waals surface area contributed by atoms with Crippen LogP contribution in [0.4, 0.5) is 5.69 Å². The molecule has 118 valence electrons. The highest BCUT2D eigenvalue weighted by Crippen LogP contribution is 2.18. The van der Waals surface area contributed by atoms with Crippen molar-refractivity contribution in [3.63, 3.8) is 0 Å². The quantitative estimate of drug-likeness (QED) is 0.707. The number of hydrogen-bond acceptors (Lipinski definition) is 4. The molecular formula is C16H17N5OS. The van der Waals surface area contributed by atoms with E-state index >= 15 is 0 Å². The van der Waals surface area contributed by atoms with Gasteiger partial charge in [-0.15, -0.1) is 10.2 Å². The second-order valence-corrected chi connectivity index (χ2v) is 5.81. The predicted octanol–water partition coefficient (Wildman–Crippen LogP) is 2.68. The topological polar surface area (TPSA) is 64.7 Å². The van der Waals surface area contributed by atoms with Crippen LogP contribution in [0.2, 0.25) is 0 Å². The number of carbonyl (C=O) groups is 1. The van der Waals surface area contributed by atoms with Crippen molar-refractivity contribution in [1.82, 2.24) is 19.5 Å². The monoisotopic (exact) mass is 327 g/mol. The smallest absolute Gasteiger partial charge is 0.234 e. The number of carbonyl (C=O) groups excluding carboxylic acids is 1. The lowest BCUT2D eigenvalue weighted by atomic mass is 10.1. The lowest BCUT2D eigenvalue weighted by Crippen LogP contribution is -2.16. The largest absolute Gasteiger partial charge is 0.325 e. The summed E-state index contributed by atoms with van der Waals surface area (Å²) in [6, 6.07) is 11.7. The maximum atomic E-state index is 12.2. The molecule has 6 nitrogen and oxygen atoms in total. The van der Waals surface area contributed by atoms with E-state index < -0.39 is 0 Å². The Hall–Kier alpha value is -2.54. The van der Waals surface area contributed by atoms with Crippen molar-refractivity contribution >= 4 is 23.4 Å². The van der Waals surface area contributed by atoms with Crippen molar-refractivity contribution in [2.24, 2.45) is 0 Å². The lowest BCUT2D eigenvalue weighted by molar-refractivity contribution is -0.113. The summed E-state index contributed by atoms with van der Waals surface area (Å²) >= 11 is 1.35. The molecule has 0 spiro atoms. The van der Waals surface area contributed by atoms with E-state index in [2.05, 4.69) is 22.4 Å². The van der Waals surface area contributed by atoms with Gasteiger partial charge in [-0.2, -0.15) is 0 Å². The number of aromatic nitrogens is 4. The number of hydrogen-bond donors (Lipinski definition) is 1. The van der Waals surface area contributed by atoms with E-state index in [9.17, 15) is 4.79 Å². The summed E-state index contributed by atoms with van der Waals surface area (Å²) in [5.74, 6) is 0.218. The molecule has 2 aromatic heterocycles. The molecule has 3 rings (SSSR count). The Morgan fingerprint density at radius 3 is 2.78 bits per heavy atom. The minimum Gasteiger partial charge on any atom is -0.325 e. The molecule has 0 bridgehead atoms. The minimum absolute atomic E-state index is 0.0574. The van der Waals surface area contributed by atoms with Gasteiger partial charge in [-0.3, -0.25) is 9.47 Å². The number of aryl methyl sites for hydroxylation is 1. The van der Waals surface area contributed by atoms with Gasteiger partial charge in [-0.05, 0) is 30.2 Å². The summed E-state index contributed by atoms with van der Waals surface area (Å²) < 4.78 is 3.64. The number of thioether (sulfide) groups is 1. The molecule has 1 N–H and O–H groups in total. The third kappa shape index (κ3) is 3.62. The molecule has 0 aliphatic rings. The number of para-hydroxylation sites is 1. The highest BCUT2D eigenvalue weighted by Gasteiger charge is 2.10. The van der Waals surface area contributed by atoms with Crippen LogP contribution in [-0.2, 0) is 11.2 Å². The van der Waals surface area contributed by atoms with Crippen molar-refractivity contribution in [2.75, 3.05) is 11.1 Å². The summed E-state index contributed by atoms with van der Waals surface area (Å²) in [6.07, 6.45) is 6.29. The molecule has 0 aliphatic heterocycles. The molecule has 0 atom stereocenters. The molecule has 0 radical (unpaired) electrons. The number of benzene rings is 1. The van der Waals surface area contributed by atoms with Crippen molar-refractivity contribution in [2.45, 2.75) is 18.5 Å². The fourth-order valence-electron chi connectivity index (χ4n) is 2.21. The van der Waals surface area contributed by atoms with Crippen LogP contribution in [0, 0.1) is 0 Å². The van der Waals surface area contributed by atoms with Crippen LogP contribution in [0.1, 0.15) is 12.5 Å². The minimum atomic E-state index is -0.0574. The Kier molecular flexibility index (Phi) is 4.77. The molecule has 0 saturated carbocycles. The molecule has 1 amide bonds. The molecule has 2 heterocycles. The molecular weight excluding hydrogens is 310 g/mol. The van der Waals surface area contributed by atoms with Crippen molar-refractivity contribution in [3.8, 4) is 0 Å². The Morgan fingerprint density at radius 1 is 1.22 bits per heavy atom. The first-order valence-electron chi connectivity index (χ1n) is 7.32. The zero-order valence-corrected chi connectivity index (χ0v) is 13.5. The summed E-state index contributed by atoms with van der Waals surface area (Å²) in [6.45, 7) is 2.07. The van der Waals surface area contributed by atoms with Gasteiger partial charge in [0.25, 0.3) is 0 Å². The van der Waals surface area contributed by atoms with E-state index in [1.54, 1.807) is 11.0 Å². The SMILES string of the molecule is CCc1ccccc1NC(=O)CSc1nncn1-n1cccc1. The maximum absolute atomic E-state index is 12.2. The maximum Gasteiger partial charge on any atom is 0.234 e. The molecule has 0 saturated heterocycles. The highest BCUT2D eigenvalue weighted by atomic mass is 32.2. The van der Waals surface area contributed by atoms with Crippen LogP contribution >= 0.6 is 11.8 Å². The first-order valence-corrected chi connectivity index (χ1v) is 8.30. The van der Waals surface area contributed by atoms with Crippen molar-refractivity contribution < 1.29 is 4.79 Å². The third-order valence-electron chi connectivity index (χ3n) is 3.34. The fourth-order valence-corrected chi connectivity index (χ4v) is 2.92. The van der Waals surface area contributed by atoms with Crippen LogP contribution in [-0.4, -0.2) is 31.2 Å². The fraction of sp³-hybridized carbons (Fsp3) is 0.188. The average Bonchev–Trinajstić information content (AvgIpc) is 3.24. The van der Waals surface area contributed by atoms with Crippen LogP contribution in [0.5, 0.6) is 0 Å². The Bertz CT molecular complexity index is 781. The van der Waals surface area contributed by atoms with Gasteiger partial charge < -0.3 is 5.32 Å². The van der Waals surface area contributed by atoms with Crippen LogP contribution in [0.15, 0.2) is 60.3 Å². The van der Waals surface area contributed by atoms with Gasteiger partial charge in [0, 0.05) is 18.1 Å². The second-order valence-electron chi connectivity index (χ2n) is 4.87. The predicted molar refractivity (Wildman–Crippen MR) is 90.4 cm³/mol. The summed E-state index contributed by atoms with van der Waals surface area (Å²) in [4.78, 5) is 12.2. The van der Waals surface area contributed by atoms with Crippen LogP contribution < -0.4 is 5.32 Å². The van der Waals surface area contributed by atoms with Gasteiger partial charge in [0.1, 0.15) is 6.33 Å². The molecule has 7 heteroatoms. The number of nitrogens with one attached hydrogen (secondary N) is 1. The van der Waals surface area contributed by atoms with Crippen LogP contribution in [0.25, 0.3) is 0 Å². The van der Waals surface area contributed by atoms with Crippen molar-refractivity contribution in [1.29, 1.82) is 0 Å². The normalized spacial score (nSPS) is 10.7. The van der Waals surface area contributed by atoms with Crippen molar-refractivity contribution in [3.05, 3.63) is 60.7 Å². The molecule has 1 aromatic carbocycles. The van der Waals surface area contributed by atoms with Gasteiger partial charge in [-0.25, -0.2) is 4.68 Å². The molecule has 0 aliphatic carbocycles. The van der Waals surface area contributed by atoms with E-state index in [1.165, 1.54) is 11.8 Å². The van der Waals surface area contributed by atoms with Gasteiger partial charge in [0.05, 0.1) is 5.75 Å². The van der Waals surface area contributed by atoms with Gasteiger partial charge in [0.15, 0.2) is 0 Å². The summed E-state index contributed by atoms with van der Waals surface area (Å²) in [5.41, 5.74) is 1.99. The second kappa shape index (κ2) is 7.15. The number of amides is 1. The van der Waals surface area contributed by atoms with E-state index in [0.717, 1.165) is 17.7 Å². The van der Waals surface area contributed by atoms with Gasteiger partial charge >= 0.3 is 0 Å². The van der Waals surface area contributed by atoms with E-state index in [0.29, 0.717) is 5.16 Å². The van der Waals surface area contributed by atoms with Gasteiger partial charge in [-0.1, -0.05) is 36.9 Å². The van der Waals surface area contributed by atoms with E-state index in [-0.39, 0.29) is 11.7 Å². The van der Waals surface area contributed by atoms with Crippen LogP contribution in [0.3, 0.4) is 0 Å². The lowest BCUT2D eigenvalue weighted by Gasteiger charge is -2.10.